The van der Waals surface area contributed by atoms with Gasteiger partial charge in [-0.2, -0.15) is 5.26 Å². The Bertz CT molecular complexity index is 975. The smallest absolute Gasteiger partial charge is 0.204 e. The van der Waals surface area contributed by atoms with Gasteiger partial charge in [-0.05, 0) is 60.9 Å². The van der Waals surface area contributed by atoms with Crippen LogP contribution in [0.2, 0.25) is 0 Å². The van der Waals surface area contributed by atoms with Crippen molar-refractivity contribution in [1.29, 1.82) is 5.26 Å². The van der Waals surface area contributed by atoms with Crippen molar-refractivity contribution in [2.24, 2.45) is 11.8 Å². The summed E-state index contributed by atoms with van der Waals surface area (Å²) >= 11 is 3.60. The van der Waals surface area contributed by atoms with E-state index < -0.39 is 0 Å². The Kier molecular flexibility index (Phi) is 4.44. The second kappa shape index (κ2) is 6.85. The lowest BCUT2D eigenvalue weighted by Gasteiger charge is -2.39. The number of nitrogens with one attached hydrogen (secondary N) is 1. The first-order valence-electron chi connectivity index (χ1n) is 10.0. The van der Waals surface area contributed by atoms with Crippen LogP contribution in [0.15, 0.2) is 21.2 Å². The molecule has 1 N–H and O–H groups in total. The van der Waals surface area contributed by atoms with E-state index in [0.29, 0.717) is 41.2 Å². The number of rotatable bonds is 5. The number of fused-ring (bicyclic) bond motifs is 3. The minimum Gasteiger partial charge on any atom is -0.444 e. The second-order valence-corrected chi connectivity index (χ2v) is 9.34. The van der Waals surface area contributed by atoms with Crippen LogP contribution in [0, 0.1) is 23.2 Å². The predicted molar refractivity (Wildman–Crippen MR) is 109 cm³/mol. The molecule has 6 nitrogen and oxygen atoms in total. The summed E-state index contributed by atoms with van der Waals surface area (Å²) in [4.78, 5) is 19.0. The molecule has 7 heteroatoms. The van der Waals surface area contributed by atoms with E-state index in [1.165, 1.54) is 12.8 Å². The lowest BCUT2D eigenvalue weighted by molar-refractivity contribution is -0.121. The highest BCUT2D eigenvalue weighted by Gasteiger charge is 2.49. The number of halogens is 1. The van der Waals surface area contributed by atoms with Crippen LogP contribution < -0.4 is 5.32 Å². The largest absolute Gasteiger partial charge is 0.444 e. The minimum atomic E-state index is 0.271. The molecule has 3 unspecified atom stereocenters. The maximum absolute atomic E-state index is 11.9. The van der Waals surface area contributed by atoms with Crippen molar-refractivity contribution in [2.75, 3.05) is 11.9 Å². The first-order valence-corrected chi connectivity index (χ1v) is 10.8. The molecule has 5 rings (SSSR count). The molecular formula is C21H23BrN4O2. The van der Waals surface area contributed by atoms with Crippen LogP contribution in [-0.2, 0) is 4.79 Å². The molecule has 1 aliphatic carbocycles. The van der Waals surface area contributed by atoms with Gasteiger partial charge in [0.05, 0.1) is 10.7 Å². The highest BCUT2D eigenvalue weighted by Crippen LogP contribution is 2.44. The number of ketones is 1. The van der Waals surface area contributed by atoms with Gasteiger partial charge in [0.2, 0.25) is 5.76 Å². The summed E-state index contributed by atoms with van der Waals surface area (Å²) in [5.74, 6) is 2.43. The topological polar surface area (TPSA) is 82.2 Å². The number of nitrogens with zero attached hydrogens (tertiary/aromatic N) is 3. The summed E-state index contributed by atoms with van der Waals surface area (Å²) in [6, 6.07) is 5.30. The molecule has 2 aromatic rings. The Morgan fingerprint density at radius 1 is 1.43 bits per heavy atom. The zero-order valence-corrected chi connectivity index (χ0v) is 17.4. The van der Waals surface area contributed by atoms with Gasteiger partial charge in [0.15, 0.2) is 5.58 Å². The number of nitriles is 1. The van der Waals surface area contributed by atoms with Crippen molar-refractivity contribution in [3.05, 3.63) is 22.5 Å². The number of aromatic nitrogens is 1. The Morgan fingerprint density at radius 3 is 2.96 bits per heavy atom. The molecule has 2 aromatic heterocycles. The Morgan fingerprint density at radius 2 is 2.25 bits per heavy atom. The van der Waals surface area contributed by atoms with Gasteiger partial charge < -0.3 is 9.73 Å². The van der Waals surface area contributed by atoms with Crippen molar-refractivity contribution in [2.45, 2.75) is 57.2 Å². The highest BCUT2D eigenvalue weighted by atomic mass is 79.9. The van der Waals surface area contributed by atoms with Gasteiger partial charge in [-0.15, -0.1) is 0 Å². The van der Waals surface area contributed by atoms with E-state index in [1.807, 2.05) is 6.07 Å². The van der Waals surface area contributed by atoms with E-state index in [4.69, 9.17) is 9.68 Å². The van der Waals surface area contributed by atoms with Crippen LogP contribution in [0.1, 0.15) is 44.8 Å². The van der Waals surface area contributed by atoms with Crippen LogP contribution in [0.3, 0.4) is 0 Å². The molecule has 4 heterocycles. The first kappa shape index (κ1) is 18.1. The van der Waals surface area contributed by atoms with Crippen molar-refractivity contribution >= 4 is 38.5 Å². The number of carbonyl (C=O) groups excluding carboxylic acids is 1. The van der Waals surface area contributed by atoms with Crippen molar-refractivity contribution in [3.8, 4) is 6.07 Å². The summed E-state index contributed by atoms with van der Waals surface area (Å²) in [5, 5.41) is 13.4. The van der Waals surface area contributed by atoms with Gasteiger partial charge in [0.25, 0.3) is 0 Å². The van der Waals surface area contributed by atoms with E-state index >= 15 is 0 Å². The Labute approximate surface area is 172 Å². The average molecular weight is 443 g/mol. The number of hydrogen-bond acceptors (Lipinski definition) is 6. The molecule has 3 aliphatic rings. The standard InChI is InChI=1S/C21H23BrN4O2/c1-11(27)16-6-14-2-3-18(16)26(14)10-12-4-13(5-12)25-21-20(22)17-7-15(8-23)28-19(17)9-24-21/h7,9,12-14,16,18H,2-6,10H2,1H3,(H,24,25). The zero-order valence-electron chi connectivity index (χ0n) is 15.8. The van der Waals surface area contributed by atoms with Crippen molar-refractivity contribution in [1.82, 2.24) is 9.88 Å². The van der Waals surface area contributed by atoms with Gasteiger partial charge in [0, 0.05) is 42.0 Å². The molecule has 146 valence electrons. The Hall–Kier alpha value is -1.91. The molecule has 0 spiro atoms. The number of pyridine rings is 1. The van der Waals surface area contributed by atoms with Crippen LogP contribution in [-0.4, -0.2) is 40.3 Å². The molecule has 0 amide bonds. The van der Waals surface area contributed by atoms with E-state index in [1.54, 1.807) is 19.2 Å². The minimum absolute atomic E-state index is 0.271. The lowest BCUT2D eigenvalue weighted by atomic mass is 9.79. The molecule has 0 radical (unpaired) electrons. The lowest BCUT2D eigenvalue weighted by Crippen LogP contribution is -2.44. The van der Waals surface area contributed by atoms with Gasteiger partial charge in [-0.25, -0.2) is 4.98 Å². The molecule has 3 atom stereocenters. The first-order chi connectivity index (χ1) is 13.5. The van der Waals surface area contributed by atoms with Crippen LogP contribution in [0.4, 0.5) is 5.82 Å². The fraction of sp³-hybridized carbons (Fsp3) is 0.571. The van der Waals surface area contributed by atoms with Crippen LogP contribution in [0.5, 0.6) is 0 Å². The summed E-state index contributed by atoms with van der Waals surface area (Å²) in [6.45, 7) is 2.88. The summed E-state index contributed by atoms with van der Waals surface area (Å²) in [6.07, 6.45) is 7.44. The SMILES string of the molecule is CC(=O)C1CC2CCC1N2CC1CC(Nc2ncc3oc(C#N)cc3c2Br)C1. The van der Waals surface area contributed by atoms with Crippen LogP contribution >= 0.6 is 15.9 Å². The highest BCUT2D eigenvalue weighted by molar-refractivity contribution is 9.10. The van der Waals surface area contributed by atoms with Gasteiger partial charge in [0.1, 0.15) is 17.7 Å². The van der Waals surface area contributed by atoms with E-state index in [0.717, 1.165) is 41.5 Å². The maximum Gasteiger partial charge on any atom is 0.204 e. The summed E-state index contributed by atoms with van der Waals surface area (Å²) in [5.41, 5.74) is 0.616. The third kappa shape index (κ3) is 2.94. The number of Topliss-reactive ketones (excluding diaryl/α,β-unsaturated/α-hetero) is 1. The number of anilines is 1. The van der Waals surface area contributed by atoms with Gasteiger partial charge >= 0.3 is 0 Å². The molecule has 1 saturated carbocycles. The number of carbonyl (C=O) groups is 1. The fourth-order valence-electron chi connectivity index (χ4n) is 5.45. The molecule has 3 fully saturated rings. The normalized spacial score (nSPS) is 31.7. The quantitative estimate of drug-likeness (QED) is 0.750. The van der Waals surface area contributed by atoms with Crippen molar-refractivity contribution < 1.29 is 9.21 Å². The second-order valence-electron chi connectivity index (χ2n) is 8.55. The molecule has 28 heavy (non-hydrogen) atoms. The monoisotopic (exact) mass is 442 g/mol. The zero-order chi connectivity index (χ0) is 19.4. The average Bonchev–Trinajstić information content (AvgIpc) is 3.34. The summed E-state index contributed by atoms with van der Waals surface area (Å²) in [7, 11) is 0. The predicted octanol–water partition coefficient (Wildman–Crippen LogP) is 4.09. The third-order valence-electron chi connectivity index (χ3n) is 6.88. The maximum atomic E-state index is 11.9. The Balaban J connectivity index is 1.19. The molecule has 2 bridgehead atoms. The number of hydrogen-bond donors (Lipinski definition) is 1. The fourth-order valence-corrected chi connectivity index (χ4v) is 5.98. The third-order valence-corrected chi connectivity index (χ3v) is 7.68. The van der Waals surface area contributed by atoms with Gasteiger partial charge in [-0.1, -0.05) is 0 Å². The number of furan rings is 1. The van der Waals surface area contributed by atoms with Crippen molar-refractivity contribution in [3.63, 3.8) is 0 Å². The van der Waals surface area contributed by atoms with Gasteiger partial charge in [-0.3, -0.25) is 9.69 Å². The van der Waals surface area contributed by atoms with E-state index in [2.05, 4.69) is 31.1 Å². The van der Waals surface area contributed by atoms with E-state index in [9.17, 15) is 4.79 Å². The molecule has 2 saturated heterocycles. The molecule has 2 aliphatic heterocycles. The molecular weight excluding hydrogens is 420 g/mol. The van der Waals surface area contributed by atoms with E-state index in [-0.39, 0.29) is 5.92 Å². The van der Waals surface area contributed by atoms with Crippen LogP contribution in [0.25, 0.3) is 11.0 Å². The molecule has 0 aromatic carbocycles. The summed E-state index contributed by atoms with van der Waals surface area (Å²) < 4.78 is 6.28.